The van der Waals surface area contributed by atoms with Crippen molar-refractivity contribution in [3.63, 3.8) is 0 Å². The number of benzene rings is 3. The number of aryl methyl sites for hydroxylation is 1. The number of nitrogens with one attached hydrogen (secondary N) is 1. The number of fused-ring (bicyclic) bond motifs is 2. The Balaban J connectivity index is 1.59. The summed E-state index contributed by atoms with van der Waals surface area (Å²) in [6.07, 6.45) is 0. The highest BCUT2D eigenvalue weighted by Crippen LogP contribution is 2.36. The van der Waals surface area contributed by atoms with E-state index in [9.17, 15) is 0 Å². The smallest absolute Gasteiger partial charge is 0.162 e. The summed E-state index contributed by atoms with van der Waals surface area (Å²) in [4.78, 5) is 9.65. The molecule has 29 heavy (non-hydrogen) atoms. The minimum absolute atomic E-state index is 0.0429. The molecule has 1 N–H and O–H groups in total. The van der Waals surface area contributed by atoms with E-state index in [-0.39, 0.29) is 6.04 Å². The second kappa shape index (κ2) is 7.09. The van der Waals surface area contributed by atoms with Crippen molar-refractivity contribution >= 4 is 16.7 Å². The van der Waals surface area contributed by atoms with Gasteiger partial charge in [0.15, 0.2) is 5.82 Å². The normalized spacial score (nSPS) is 15.0. The fourth-order valence-electron chi connectivity index (χ4n) is 3.70. The summed E-state index contributed by atoms with van der Waals surface area (Å²) in [6, 6.07) is 22.2. The van der Waals surface area contributed by atoms with Crippen LogP contribution < -0.4 is 14.8 Å². The minimum Gasteiger partial charge on any atom is -0.497 e. The Morgan fingerprint density at radius 3 is 2.79 bits per heavy atom. The van der Waals surface area contributed by atoms with Gasteiger partial charge in [0, 0.05) is 16.5 Å². The lowest BCUT2D eigenvalue weighted by atomic mass is 10.1. The Morgan fingerprint density at radius 2 is 1.90 bits per heavy atom. The maximum absolute atomic E-state index is 5.87. The predicted octanol–water partition coefficient (Wildman–Crippen LogP) is 5.16. The number of methoxy groups -OCH3 is 1. The molecule has 1 unspecified atom stereocenters. The van der Waals surface area contributed by atoms with Gasteiger partial charge < -0.3 is 14.8 Å². The highest BCUT2D eigenvalue weighted by Gasteiger charge is 2.25. The lowest BCUT2D eigenvalue weighted by Crippen LogP contribution is -2.14. The van der Waals surface area contributed by atoms with Crippen molar-refractivity contribution in [3.8, 4) is 22.9 Å². The number of ether oxygens (including phenoxy) is 2. The topological polar surface area (TPSA) is 56.3 Å². The van der Waals surface area contributed by atoms with Crippen LogP contribution in [0.2, 0.25) is 0 Å². The second-order valence-corrected chi connectivity index (χ2v) is 7.19. The van der Waals surface area contributed by atoms with Crippen LogP contribution in [0, 0.1) is 6.92 Å². The second-order valence-electron chi connectivity index (χ2n) is 7.19. The molecule has 0 bridgehead atoms. The average Bonchev–Trinajstić information content (AvgIpc) is 3.15. The molecule has 1 aliphatic rings. The molecule has 5 rings (SSSR count). The standard InChI is InChI=1S/C24H21N3O2/c1-15-10-11-22-19(12-15)21(14-29-22)26-24-18-8-3-4-9-20(18)25-23(27-24)16-6-5-7-17(13-16)28-2/h3-13,21H,14H2,1-2H3,(H,25,26,27). The highest BCUT2D eigenvalue weighted by molar-refractivity contribution is 5.90. The van der Waals surface area contributed by atoms with E-state index >= 15 is 0 Å². The summed E-state index contributed by atoms with van der Waals surface area (Å²) in [7, 11) is 1.66. The Labute approximate surface area is 169 Å². The SMILES string of the molecule is COc1cccc(-c2nc(NC3COc4ccc(C)cc43)c3ccccc3n2)c1. The lowest BCUT2D eigenvalue weighted by Gasteiger charge is -2.16. The van der Waals surface area contributed by atoms with Gasteiger partial charge in [-0.3, -0.25) is 0 Å². The van der Waals surface area contributed by atoms with Crippen LogP contribution in [0.3, 0.4) is 0 Å². The highest BCUT2D eigenvalue weighted by atomic mass is 16.5. The first kappa shape index (κ1) is 17.5. The maximum Gasteiger partial charge on any atom is 0.162 e. The third-order valence-electron chi connectivity index (χ3n) is 5.19. The Kier molecular flexibility index (Phi) is 4.28. The molecule has 1 aromatic heterocycles. The fraction of sp³-hybridized carbons (Fsp3) is 0.167. The van der Waals surface area contributed by atoms with Gasteiger partial charge in [0.1, 0.15) is 23.9 Å². The molecule has 5 nitrogen and oxygen atoms in total. The van der Waals surface area contributed by atoms with E-state index < -0.39 is 0 Å². The van der Waals surface area contributed by atoms with E-state index in [0.717, 1.165) is 39.3 Å². The van der Waals surface area contributed by atoms with E-state index in [2.05, 4.69) is 24.4 Å². The molecular weight excluding hydrogens is 362 g/mol. The van der Waals surface area contributed by atoms with E-state index in [1.807, 2.05) is 54.6 Å². The van der Waals surface area contributed by atoms with Gasteiger partial charge in [0.25, 0.3) is 0 Å². The zero-order valence-corrected chi connectivity index (χ0v) is 16.3. The molecule has 0 fully saturated rings. The molecule has 4 aromatic rings. The van der Waals surface area contributed by atoms with Crippen LogP contribution in [0.15, 0.2) is 66.7 Å². The molecule has 1 aliphatic heterocycles. The van der Waals surface area contributed by atoms with Crippen LogP contribution >= 0.6 is 0 Å². The summed E-state index contributed by atoms with van der Waals surface area (Å²) >= 11 is 0. The van der Waals surface area contributed by atoms with Gasteiger partial charge in [-0.15, -0.1) is 0 Å². The van der Waals surface area contributed by atoms with E-state index in [0.29, 0.717) is 12.4 Å². The van der Waals surface area contributed by atoms with Gasteiger partial charge in [-0.1, -0.05) is 42.0 Å². The first-order chi connectivity index (χ1) is 14.2. The van der Waals surface area contributed by atoms with E-state index in [1.165, 1.54) is 5.56 Å². The average molecular weight is 383 g/mol. The van der Waals surface area contributed by atoms with Crippen molar-refractivity contribution < 1.29 is 9.47 Å². The molecule has 0 amide bonds. The predicted molar refractivity (Wildman–Crippen MR) is 115 cm³/mol. The van der Waals surface area contributed by atoms with E-state index in [4.69, 9.17) is 19.4 Å². The first-order valence-electron chi connectivity index (χ1n) is 9.62. The quantitative estimate of drug-likeness (QED) is 0.528. The summed E-state index contributed by atoms with van der Waals surface area (Å²) in [5.41, 5.74) is 4.18. The number of hydrogen-bond acceptors (Lipinski definition) is 5. The minimum atomic E-state index is 0.0429. The summed E-state index contributed by atoms with van der Waals surface area (Å²) in [6.45, 7) is 2.67. The molecule has 5 heteroatoms. The number of nitrogens with zero attached hydrogens (tertiary/aromatic N) is 2. The fourth-order valence-corrected chi connectivity index (χ4v) is 3.70. The van der Waals surface area contributed by atoms with Crippen LogP contribution in [-0.4, -0.2) is 23.7 Å². The molecule has 1 atom stereocenters. The Bertz CT molecular complexity index is 1210. The van der Waals surface area contributed by atoms with Crippen molar-refractivity contribution in [2.45, 2.75) is 13.0 Å². The number of anilines is 1. The molecule has 3 aromatic carbocycles. The van der Waals surface area contributed by atoms with Crippen LogP contribution in [0.4, 0.5) is 5.82 Å². The van der Waals surface area contributed by atoms with Crippen LogP contribution in [0.1, 0.15) is 17.2 Å². The molecule has 0 aliphatic carbocycles. The Hall–Kier alpha value is -3.60. The lowest BCUT2D eigenvalue weighted by molar-refractivity contribution is 0.339. The van der Waals surface area contributed by atoms with Crippen molar-refractivity contribution in [3.05, 3.63) is 77.9 Å². The third kappa shape index (κ3) is 3.25. The van der Waals surface area contributed by atoms with Crippen LogP contribution in [0.25, 0.3) is 22.3 Å². The molecule has 2 heterocycles. The van der Waals surface area contributed by atoms with Gasteiger partial charge in [-0.05, 0) is 37.3 Å². The number of hydrogen-bond donors (Lipinski definition) is 1. The Morgan fingerprint density at radius 1 is 1.00 bits per heavy atom. The third-order valence-corrected chi connectivity index (χ3v) is 5.19. The van der Waals surface area contributed by atoms with Crippen molar-refractivity contribution in [2.75, 3.05) is 19.0 Å². The molecule has 0 saturated heterocycles. The molecule has 0 saturated carbocycles. The van der Waals surface area contributed by atoms with Crippen molar-refractivity contribution in [2.24, 2.45) is 0 Å². The number of aromatic nitrogens is 2. The molecule has 0 radical (unpaired) electrons. The zero-order valence-electron chi connectivity index (χ0n) is 16.3. The number of para-hydroxylation sites is 1. The van der Waals surface area contributed by atoms with Crippen LogP contribution in [-0.2, 0) is 0 Å². The largest absolute Gasteiger partial charge is 0.497 e. The summed E-state index contributed by atoms with van der Waals surface area (Å²) in [5, 5.41) is 4.59. The van der Waals surface area contributed by atoms with Gasteiger partial charge in [-0.2, -0.15) is 0 Å². The first-order valence-corrected chi connectivity index (χ1v) is 9.62. The van der Waals surface area contributed by atoms with Gasteiger partial charge in [-0.25, -0.2) is 9.97 Å². The maximum atomic E-state index is 5.87. The zero-order chi connectivity index (χ0) is 19.8. The summed E-state index contributed by atoms with van der Waals surface area (Å²) in [5.74, 6) is 3.17. The van der Waals surface area contributed by atoms with E-state index in [1.54, 1.807) is 7.11 Å². The molecule has 0 spiro atoms. The van der Waals surface area contributed by atoms with Crippen molar-refractivity contribution in [1.29, 1.82) is 0 Å². The van der Waals surface area contributed by atoms with Crippen LogP contribution in [0.5, 0.6) is 11.5 Å². The van der Waals surface area contributed by atoms with Gasteiger partial charge >= 0.3 is 0 Å². The van der Waals surface area contributed by atoms with Gasteiger partial charge in [0.05, 0.1) is 18.7 Å². The van der Waals surface area contributed by atoms with Crippen molar-refractivity contribution in [1.82, 2.24) is 9.97 Å². The molecule has 144 valence electrons. The van der Waals surface area contributed by atoms with Gasteiger partial charge in [0.2, 0.25) is 0 Å². The molecular formula is C24H21N3O2. The summed E-state index contributed by atoms with van der Waals surface area (Å²) < 4.78 is 11.2. The number of rotatable bonds is 4. The monoisotopic (exact) mass is 383 g/mol.